The van der Waals surface area contributed by atoms with Crippen molar-refractivity contribution in [1.82, 2.24) is 18.8 Å². The zero-order chi connectivity index (χ0) is 22.3. The Hall–Kier alpha value is -2.59. The topological polar surface area (TPSA) is 105 Å². The van der Waals surface area contributed by atoms with Crippen LogP contribution in [0.25, 0.3) is 0 Å². The summed E-state index contributed by atoms with van der Waals surface area (Å²) in [5.41, 5.74) is 0.154. The Kier molecular flexibility index (Phi) is 5.83. The van der Waals surface area contributed by atoms with Crippen LogP contribution in [0.1, 0.15) is 32.3 Å². The maximum absolute atomic E-state index is 13.2. The van der Waals surface area contributed by atoms with E-state index in [0.29, 0.717) is 5.75 Å². The molecule has 0 spiro atoms. The first-order valence-electron chi connectivity index (χ1n) is 9.59. The molecule has 9 nitrogen and oxygen atoms in total. The lowest BCUT2D eigenvalue weighted by Gasteiger charge is -2.40. The molecule has 0 aliphatic carbocycles. The summed E-state index contributed by atoms with van der Waals surface area (Å²) in [6.07, 6.45) is 1.80. The summed E-state index contributed by atoms with van der Waals surface area (Å²) in [6.45, 7) is 5.64. The molecule has 0 saturated carbocycles. The van der Waals surface area contributed by atoms with Crippen LogP contribution in [-0.2, 0) is 17.1 Å². The molecule has 2 heterocycles. The largest absolute Gasteiger partial charge is 0.497 e. The van der Waals surface area contributed by atoms with Crippen molar-refractivity contribution in [2.45, 2.75) is 43.3 Å². The van der Waals surface area contributed by atoms with Gasteiger partial charge in [-0.05, 0) is 38.5 Å². The van der Waals surface area contributed by atoms with Crippen molar-refractivity contribution in [3.8, 4) is 5.75 Å². The molecule has 1 amide bonds. The molecule has 3 rings (SSSR count). The molecule has 0 radical (unpaired) electrons. The highest BCUT2D eigenvalue weighted by Crippen LogP contribution is 2.37. The zero-order valence-corrected chi connectivity index (χ0v) is 18.6. The molecule has 10 heteroatoms. The first kappa shape index (κ1) is 22.1. The number of rotatable bonds is 5. The van der Waals surface area contributed by atoms with Gasteiger partial charge < -0.3 is 14.4 Å². The predicted molar refractivity (Wildman–Crippen MR) is 111 cm³/mol. The molecule has 0 unspecified atom stereocenters. The highest BCUT2D eigenvalue weighted by molar-refractivity contribution is 7.89. The third kappa shape index (κ3) is 4.15. The lowest BCUT2D eigenvalue weighted by Crippen LogP contribution is -2.53. The maximum atomic E-state index is 13.2. The minimum atomic E-state index is -3.85. The normalized spacial score (nSPS) is 20.3. The Bertz CT molecular complexity index is 1010. The van der Waals surface area contributed by atoms with E-state index in [0.717, 1.165) is 5.56 Å². The van der Waals surface area contributed by atoms with Gasteiger partial charge in [0.1, 0.15) is 5.75 Å². The van der Waals surface area contributed by atoms with Crippen LogP contribution < -0.4 is 4.74 Å². The lowest BCUT2D eigenvalue weighted by molar-refractivity contribution is 0.0695. The van der Waals surface area contributed by atoms with Gasteiger partial charge >= 0.3 is 6.09 Å². The molecule has 1 N–H and O–H groups in total. The summed E-state index contributed by atoms with van der Waals surface area (Å²) in [4.78, 5) is 17.5. The zero-order valence-electron chi connectivity index (χ0n) is 17.8. The van der Waals surface area contributed by atoms with Gasteiger partial charge in [-0.25, -0.2) is 18.2 Å². The van der Waals surface area contributed by atoms with Crippen LogP contribution >= 0.6 is 0 Å². The first-order chi connectivity index (χ1) is 13.9. The van der Waals surface area contributed by atoms with Crippen molar-refractivity contribution in [3.05, 3.63) is 42.4 Å². The Labute approximate surface area is 176 Å². The second-order valence-corrected chi connectivity index (χ2v) is 10.4. The number of imidazole rings is 1. The summed E-state index contributed by atoms with van der Waals surface area (Å²) >= 11 is 0. The highest BCUT2D eigenvalue weighted by atomic mass is 32.2. The van der Waals surface area contributed by atoms with E-state index in [1.807, 2.05) is 32.9 Å². The van der Waals surface area contributed by atoms with Crippen LogP contribution in [0.15, 0.2) is 41.8 Å². The standard InChI is InChI=1S/C20H28N4O5S/c1-20(2,3)24(19(25)26)17-11-23(30(27,28)18-12-22(4)13-21-18)10-16(17)14-6-8-15(29-5)9-7-14/h6-9,12-13,16-17H,10-11H2,1-5H3,(H,25,26)/t16-,17+/m1/s1. The SMILES string of the molecule is COc1ccc([C@H]2CN(S(=O)(=O)c3cn(C)cn3)C[C@@H]2N(C(=O)O)C(C)(C)C)cc1. The summed E-state index contributed by atoms with van der Waals surface area (Å²) < 4.78 is 34.5. The number of carboxylic acid groups (broad SMARTS) is 1. The fourth-order valence-electron chi connectivity index (χ4n) is 3.97. The summed E-state index contributed by atoms with van der Waals surface area (Å²) in [7, 11) is -0.583. The molecule has 1 saturated heterocycles. The number of amides is 1. The van der Waals surface area contributed by atoms with Gasteiger partial charge in [-0.3, -0.25) is 4.90 Å². The van der Waals surface area contributed by atoms with Crippen LogP contribution in [0, 0.1) is 0 Å². The average molecular weight is 437 g/mol. The maximum Gasteiger partial charge on any atom is 0.408 e. The molecular weight excluding hydrogens is 408 g/mol. The van der Waals surface area contributed by atoms with Gasteiger partial charge in [0, 0.05) is 37.8 Å². The number of aryl methyl sites for hydroxylation is 1. The van der Waals surface area contributed by atoms with Crippen molar-refractivity contribution in [2.75, 3.05) is 20.2 Å². The fraction of sp³-hybridized carbons (Fsp3) is 0.500. The predicted octanol–water partition coefficient (Wildman–Crippen LogP) is 2.36. The van der Waals surface area contributed by atoms with Gasteiger partial charge in [-0.15, -0.1) is 0 Å². The van der Waals surface area contributed by atoms with Crippen molar-refractivity contribution < 1.29 is 23.1 Å². The number of benzene rings is 1. The number of aromatic nitrogens is 2. The van der Waals surface area contributed by atoms with Crippen LogP contribution in [-0.4, -0.2) is 70.2 Å². The summed E-state index contributed by atoms with van der Waals surface area (Å²) in [5, 5.41) is 9.90. The van der Waals surface area contributed by atoms with E-state index in [9.17, 15) is 18.3 Å². The van der Waals surface area contributed by atoms with E-state index in [2.05, 4.69) is 4.98 Å². The second kappa shape index (κ2) is 7.92. The molecule has 30 heavy (non-hydrogen) atoms. The highest BCUT2D eigenvalue weighted by Gasteiger charge is 2.47. The van der Waals surface area contributed by atoms with Gasteiger partial charge in [0.2, 0.25) is 0 Å². The quantitative estimate of drug-likeness (QED) is 0.772. The van der Waals surface area contributed by atoms with Crippen LogP contribution in [0.2, 0.25) is 0 Å². The van der Waals surface area contributed by atoms with Crippen LogP contribution in [0.3, 0.4) is 0 Å². The van der Waals surface area contributed by atoms with Crippen LogP contribution in [0.5, 0.6) is 5.75 Å². The third-order valence-electron chi connectivity index (χ3n) is 5.35. The van der Waals surface area contributed by atoms with Gasteiger partial charge in [0.05, 0.1) is 19.5 Å². The molecule has 1 aromatic heterocycles. The van der Waals surface area contributed by atoms with Crippen molar-refractivity contribution >= 4 is 16.1 Å². The minimum absolute atomic E-state index is 0.0447. The molecule has 1 aliphatic rings. The van der Waals surface area contributed by atoms with Gasteiger partial charge in [-0.2, -0.15) is 4.31 Å². The number of carbonyl (C=O) groups is 1. The summed E-state index contributed by atoms with van der Waals surface area (Å²) in [5.74, 6) is 0.349. The number of methoxy groups -OCH3 is 1. The lowest BCUT2D eigenvalue weighted by atomic mass is 9.90. The molecule has 2 aromatic rings. The monoisotopic (exact) mass is 436 g/mol. The van der Waals surface area contributed by atoms with Gasteiger partial charge in [0.15, 0.2) is 5.03 Å². The molecule has 1 fully saturated rings. The third-order valence-corrected chi connectivity index (χ3v) is 7.06. The Morgan fingerprint density at radius 2 is 1.87 bits per heavy atom. The second-order valence-electron chi connectivity index (χ2n) is 8.47. The number of hydrogen-bond donors (Lipinski definition) is 1. The van der Waals surface area contributed by atoms with E-state index in [1.165, 1.54) is 21.7 Å². The minimum Gasteiger partial charge on any atom is -0.497 e. The van der Waals surface area contributed by atoms with Crippen molar-refractivity contribution in [2.24, 2.45) is 7.05 Å². The molecule has 1 aliphatic heterocycles. The molecule has 1 aromatic carbocycles. The van der Waals surface area contributed by atoms with Crippen LogP contribution in [0.4, 0.5) is 4.79 Å². The Morgan fingerprint density at radius 1 is 1.23 bits per heavy atom. The number of nitrogens with zero attached hydrogens (tertiary/aromatic N) is 4. The van der Waals surface area contributed by atoms with Gasteiger partial charge in [0.25, 0.3) is 10.0 Å². The number of hydrogen-bond acceptors (Lipinski definition) is 5. The van der Waals surface area contributed by atoms with E-state index in [1.54, 1.807) is 30.9 Å². The van der Waals surface area contributed by atoms with Gasteiger partial charge in [-0.1, -0.05) is 12.1 Å². The fourth-order valence-corrected chi connectivity index (χ4v) is 5.42. The molecular formula is C20H28N4O5S. The Balaban J connectivity index is 2.03. The van der Waals surface area contributed by atoms with E-state index in [4.69, 9.17) is 4.74 Å². The average Bonchev–Trinajstić information content (AvgIpc) is 3.28. The van der Waals surface area contributed by atoms with Crippen molar-refractivity contribution in [1.29, 1.82) is 0 Å². The molecule has 164 valence electrons. The Morgan fingerprint density at radius 3 is 2.33 bits per heavy atom. The van der Waals surface area contributed by atoms with E-state index < -0.39 is 27.7 Å². The smallest absolute Gasteiger partial charge is 0.408 e. The molecule has 2 atom stereocenters. The number of sulfonamides is 1. The first-order valence-corrected chi connectivity index (χ1v) is 11.0. The van der Waals surface area contributed by atoms with E-state index >= 15 is 0 Å². The van der Waals surface area contributed by atoms with E-state index in [-0.39, 0.29) is 24.0 Å². The van der Waals surface area contributed by atoms with Crippen molar-refractivity contribution in [3.63, 3.8) is 0 Å². The molecule has 0 bridgehead atoms. The summed E-state index contributed by atoms with van der Waals surface area (Å²) in [6, 6.07) is 6.76. The number of ether oxygens (including phenoxy) is 1.